The summed E-state index contributed by atoms with van der Waals surface area (Å²) in [6.07, 6.45) is 3.13. The molecule has 1 saturated heterocycles. The third kappa shape index (κ3) is 4.76. The van der Waals surface area contributed by atoms with Gasteiger partial charge in [0.2, 0.25) is 5.91 Å². The molecule has 0 spiro atoms. The second-order valence-corrected chi connectivity index (χ2v) is 6.15. The second kappa shape index (κ2) is 8.06. The van der Waals surface area contributed by atoms with Crippen LogP contribution in [0.4, 0.5) is 4.39 Å². The molecule has 1 atom stereocenters. The molecule has 2 rings (SSSR count). The zero-order valence-electron chi connectivity index (χ0n) is 11.7. The number of aliphatic hydroxyl groups is 1. The van der Waals surface area contributed by atoms with Gasteiger partial charge in [0, 0.05) is 17.7 Å². The van der Waals surface area contributed by atoms with Crippen molar-refractivity contribution in [1.82, 2.24) is 5.32 Å². The molecule has 0 radical (unpaired) electrons. The van der Waals surface area contributed by atoms with Gasteiger partial charge in [-0.1, -0.05) is 18.3 Å². The van der Waals surface area contributed by atoms with Gasteiger partial charge in [-0.15, -0.1) is 11.8 Å². The van der Waals surface area contributed by atoms with Crippen molar-refractivity contribution in [3.8, 4) is 11.8 Å². The average Bonchev–Trinajstić information content (AvgIpc) is 2.53. The van der Waals surface area contributed by atoms with Crippen LogP contribution >= 0.6 is 11.8 Å². The predicted molar refractivity (Wildman–Crippen MR) is 82.3 cm³/mol. The van der Waals surface area contributed by atoms with Crippen molar-refractivity contribution in [2.75, 3.05) is 12.4 Å². The Hall–Kier alpha value is -1.51. The summed E-state index contributed by atoms with van der Waals surface area (Å²) in [7, 11) is 0. The molecule has 0 aliphatic carbocycles. The standard InChI is InChI=1S/C16H18FNO2S/c17-14-7-6-12(4-3-8-19)10-13(14)11-18-16(20)15-5-1-2-9-21-15/h6-7,10,15,19H,1-2,5,8-9,11H2,(H,18,20). The monoisotopic (exact) mass is 307 g/mol. The van der Waals surface area contributed by atoms with Crippen molar-refractivity contribution in [1.29, 1.82) is 0 Å². The van der Waals surface area contributed by atoms with E-state index in [4.69, 9.17) is 5.11 Å². The molecule has 112 valence electrons. The lowest BCUT2D eigenvalue weighted by molar-refractivity contribution is -0.120. The lowest BCUT2D eigenvalue weighted by Gasteiger charge is -2.20. The van der Waals surface area contributed by atoms with Gasteiger partial charge in [-0.05, 0) is 36.8 Å². The van der Waals surface area contributed by atoms with Gasteiger partial charge in [-0.2, -0.15) is 0 Å². The highest BCUT2D eigenvalue weighted by atomic mass is 32.2. The van der Waals surface area contributed by atoms with Crippen molar-refractivity contribution >= 4 is 17.7 Å². The maximum absolute atomic E-state index is 13.7. The smallest absolute Gasteiger partial charge is 0.233 e. The fourth-order valence-electron chi connectivity index (χ4n) is 2.17. The van der Waals surface area contributed by atoms with Crippen LogP contribution in [0.15, 0.2) is 18.2 Å². The first-order valence-electron chi connectivity index (χ1n) is 6.98. The van der Waals surface area contributed by atoms with Crippen LogP contribution in [0.3, 0.4) is 0 Å². The lowest BCUT2D eigenvalue weighted by Crippen LogP contribution is -2.33. The summed E-state index contributed by atoms with van der Waals surface area (Å²) >= 11 is 1.67. The molecular weight excluding hydrogens is 289 g/mol. The molecule has 0 saturated carbocycles. The molecular formula is C16H18FNO2S. The number of halogens is 1. The molecule has 1 heterocycles. The Morgan fingerprint density at radius 1 is 1.48 bits per heavy atom. The van der Waals surface area contributed by atoms with E-state index in [9.17, 15) is 9.18 Å². The topological polar surface area (TPSA) is 49.3 Å². The van der Waals surface area contributed by atoms with Gasteiger partial charge in [0.15, 0.2) is 0 Å². The maximum atomic E-state index is 13.7. The number of thioether (sulfide) groups is 1. The van der Waals surface area contributed by atoms with Crippen LogP contribution in [-0.4, -0.2) is 28.6 Å². The molecule has 2 N–H and O–H groups in total. The van der Waals surface area contributed by atoms with E-state index in [2.05, 4.69) is 17.2 Å². The number of carbonyl (C=O) groups is 1. The Morgan fingerprint density at radius 3 is 3.05 bits per heavy atom. The molecule has 1 aliphatic heterocycles. The molecule has 1 aromatic rings. The number of rotatable bonds is 3. The Balaban J connectivity index is 1.96. The summed E-state index contributed by atoms with van der Waals surface area (Å²) in [6, 6.07) is 4.49. The number of hydrogen-bond acceptors (Lipinski definition) is 3. The summed E-state index contributed by atoms with van der Waals surface area (Å²) in [5.74, 6) is 5.88. The van der Waals surface area contributed by atoms with Gasteiger partial charge >= 0.3 is 0 Å². The van der Waals surface area contributed by atoms with Crippen LogP contribution in [0.2, 0.25) is 0 Å². The molecule has 1 aliphatic rings. The molecule has 3 nitrogen and oxygen atoms in total. The molecule has 1 aromatic carbocycles. The maximum Gasteiger partial charge on any atom is 0.233 e. The van der Waals surface area contributed by atoms with Gasteiger partial charge < -0.3 is 10.4 Å². The summed E-state index contributed by atoms with van der Waals surface area (Å²) in [5.41, 5.74) is 1.04. The molecule has 21 heavy (non-hydrogen) atoms. The van der Waals surface area contributed by atoms with E-state index in [0.717, 1.165) is 25.0 Å². The minimum Gasteiger partial charge on any atom is -0.384 e. The molecule has 1 fully saturated rings. The molecule has 1 amide bonds. The van der Waals surface area contributed by atoms with Crippen molar-refractivity contribution < 1.29 is 14.3 Å². The van der Waals surface area contributed by atoms with E-state index in [1.165, 1.54) is 6.07 Å². The molecule has 0 bridgehead atoms. The number of nitrogens with one attached hydrogen (secondary N) is 1. The molecule has 0 aromatic heterocycles. The first kappa shape index (κ1) is 15.9. The summed E-state index contributed by atoms with van der Waals surface area (Å²) < 4.78 is 13.7. The van der Waals surface area contributed by atoms with Crippen LogP contribution < -0.4 is 5.32 Å². The normalized spacial score (nSPS) is 17.7. The third-order valence-corrected chi connectivity index (χ3v) is 4.66. The average molecular weight is 307 g/mol. The van der Waals surface area contributed by atoms with E-state index in [1.807, 2.05) is 0 Å². The van der Waals surface area contributed by atoms with Crippen LogP contribution in [0.1, 0.15) is 30.4 Å². The van der Waals surface area contributed by atoms with Crippen molar-refractivity contribution in [2.24, 2.45) is 0 Å². The van der Waals surface area contributed by atoms with Gasteiger partial charge in [0.05, 0.1) is 5.25 Å². The van der Waals surface area contributed by atoms with Crippen LogP contribution in [0, 0.1) is 17.7 Å². The van der Waals surface area contributed by atoms with E-state index in [0.29, 0.717) is 11.1 Å². The zero-order valence-corrected chi connectivity index (χ0v) is 12.5. The number of aliphatic hydroxyl groups excluding tert-OH is 1. The van der Waals surface area contributed by atoms with Gasteiger partial charge in [0.1, 0.15) is 12.4 Å². The summed E-state index contributed by atoms with van der Waals surface area (Å²) in [5, 5.41) is 11.4. The SMILES string of the molecule is O=C(NCc1cc(C#CCO)ccc1F)C1CCCCS1. The van der Waals surface area contributed by atoms with Crippen molar-refractivity contribution in [2.45, 2.75) is 31.1 Å². The first-order valence-corrected chi connectivity index (χ1v) is 8.03. The van der Waals surface area contributed by atoms with E-state index in [-0.39, 0.29) is 30.1 Å². The number of carbonyl (C=O) groups excluding carboxylic acids is 1. The summed E-state index contributed by atoms with van der Waals surface area (Å²) in [6.45, 7) is -0.0707. The Bertz CT molecular complexity index is 559. The van der Waals surface area contributed by atoms with Crippen LogP contribution in [0.5, 0.6) is 0 Å². The minimum atomic E-state index is -0.360. The lowest BCUT2D eigenvalue weighted by atomic mass is 10.1. The van der Waals surface area contributed by atoms with Crippen LogP contribution in [-0.2, 0) is 11.3 Å². The molecule has 5 heteroatoms. The number of amides is 1. The summed E-state index contributed by atoms with van der Waals surface area (Å²) in [4.78, 5) is 12.0. The van der Waals surface area contributed by atoms with E-state index < -0.39 is 0 Å². The van der Waals surface area contributed by atoms with Crippen molar-refractivity contribution in [3.63, 3.8) is 0 Å². The zero-order chi connectivity index (χ0) is 15.1. The Morgan fingerprint density at radius 2 is 2.33 bits per heavy atom. The van der Waals surface area contributed by atoms with E-state index >= 15 is 0 Å². The molecule has 1 unspecified atom stereocenters. The van der Waals surface area contributed by atoms with E-state index in [1.54, 1.807) is 23.9 Å². The minimum absolute atomic E-state index is 0.0147. The third-order valence-electron chi connectivity index (χ3n) is 3.28. The Kier molecular flexibility index (Phi) is 6.09. The highest BCUT2D eigenvalue weighted by Crippen LogP contribution is 2.25. The van der Waals surface area contributed by atoms with Crippen molar-refractivity contribution in [3.05, 3.63) is 35.1 Å². The fraction of sp³-hybridized carbons (Fsp3) is 0.438. The van der Waals surface area contributed by atoms with Gasteiger partial charge in [-0.3, -0.25) is 4.79 Å². The fourth-order valence-corrected chi connectivity index (χ4v) is 3.40. The first-order chi connectivity index (χ1) is 10.2. The quantitative estimate of drug-likeness (QED) is 0.841. The number of hydrogen-bond donors (Lipinski definition) is 2. The Labute approximate surface area is 128 Å². The number of benzene rings is 1. The van der Waals surface area contributed by atoms with Crippen LogP contribution in [0.25, 0.3) is 0 Å². The second-order valence-electron chi connectivity index (χ2n) is 4.84. The van der Waals surface area contributed by atoms with Gasteiger partial charge in [0.25, 0.3) is 0 Å². The highest BCUT2D eigenvalue weighted by Gasteiger charge is 2.21. The predicted octanol–water partition coefficient (Wildman–Crippen LogP) is 2.07. The largest absolute Gasteiger partial charge is 0.384 e. The highest BCUT2D eigenvalue weighted by molar-refractivity contribution is 8.00. The van der Waals surface area contributed by atoms with Gasteiger partial charge in [-0.25, -0.2) is 4.39 Å².